The summed E-state index contributed by atoms with van der Waals surface area (Å²) in [7, 11) is -1.99. The molecule has 0 spiro atoms. The Kier molecular flexibility index (Phi) is 6.05. The van der Waals surface area contributed by atoms with E-state index in [1.807, 2.05) is 0 Å². The van der Waals surface area contributed by atoms with Crippen molar-refractivity contribution in [1.82, 2.24) is 4.31 Å². The number of carbonyl (C=O) groups is 1. The number of nitrogens with zero attached hydrogens (tertiary/aromatic N) is 1. The minimum absolute atomic E-state index is 0.244. The van der Waals surface area contributed by atoms with E-state index in [1.165, 1.54) is 0 Å². The highest BCUT2D eigenvalue weighted by Crippen LogP contribution is 2.27. The molecule has 2 aromatic rings. The molecular formula is C21H26N2O4S. The molecule has 7 heteroatoms. The first-order chi connectivity index (χ1) is 13.3. The van der Waals surface area contributed by atoms with Gasteiger partial charge < -0.3 is 10.1 Å². The zero-order valence-corrected chi connectivity index (χ0v) is 17.2. The molecule has 0 radical (unpaired) electrons. The van der Waals surface area contributed by atoms with Gasteiger partial charge in [0.25, 0.3) is 5.91 Å². The largest absolute Gasteiger partial charge is 0.497 e. The van der Waals surface area contributed by atoms with Crippen molar-refractivity contribution in [2.75, 3.05) is 25.5 Å². The predicted octanol–water partition coefficient (Wildman–Crippen LogP) is 3.61. The van der Waals surface area contributed by atoms with Gasteiger partial charge in [-0.3, -0.25) is 4.79 Å². The summed E-state index contributed by atoms with van der Waals surface area (Å²) >= 11 is 0. The van der Waals surface area contributed by atoms with Gasteiger partial charge in [0.15, 0.2) is 0 Å². The number of ether oxygens (including phenoxy) is 1. The number of nitrogens with one attached hydrogen (secondary N) is 1. The second kappa shape index (κ2) is 8.32. The molecule has 1 fully saturated rings. The maximum absolute atomic E-state index is 12.9. The van der Waals surface area contributed by atoms with E-state index in [9.17, 15) is 13.2 Å². The second-order valence-corrected chi connectivity index (χ2v) is 9.42. The van der Waals surface area contributed by atoms with Crippen LogP contribution in [-0.4, -0.2) is 38.8 Å². The lowest BCUT2D eigenvalue weighted by Crippen LogP contribution is -2.42. The molecule has 1 heterocycles. The van der Waals surface area contributed by atoms with Crippen LogP contribution in [0.5, 0.6) is 5.75 Å². The predicted molar refractivity (Wildman–Crippen MR) is 109 cm³/mol. The molecule has 0 bridgehead atoms. The molecule has 0 aromatic heterocycles. The Bertz CT molecular complexity index is 931. The molecule has 28 heavy (non-hydrogen) atoms. The van der Waals surface area contributed by atoms with Gasteiger partial charge in [-0.15, -0.1) is 0 Å². The lowest BCUT2D eigenvalue weighted by atomic mass is 9.94. The molecule has 1 aliphatic rings. The summed E-state index contributed by atoms with van der Waals surface area (Å²) in [6, 6.07) is 13.1. The van der Waals surface area contributed by atoms with Gasteiger partial charge in [-0.25, -0.2) is 8.42 Å². The lowest BCUT2D eigenvalue weighted by molar-refractivity contribution is 0.102. The minimum atomic E-state index is -3.53. The highest BCUT2D eigenvalue weighted by Gasteiger charge is 2.31. The van der Waals surface area contributed by atoms with Gasteiger partial charge in [0.05, 0.1) is 12.0 Å². The zero-order valence-electron chi connectivity index (χ0n) is 16.4. The molecular weight excluding hydrogens is 376 g/mol. The maximum atomic E-state index is 12.9. The fourth-order valence-corrected chi connectivity index (χ4v) is 5.31. The average Bonchev–Trinajstić information content (AvgIpc) is 2.67. The summed E-state index contributed by atoms with van der Waals surface area (Å²) < 4.78 is 32.6. The Morgan fingerprint density at radius 2 is 1.71 bits per heavy atom. The molecule has 1 amide bonds. The Morgan fingerprint density at radius 1 is 1.07 bits per heavy atom. The van der Waals surface area contributed by atoms with E-state index < -0.39 is 10.0 Å². The van der Waals surface area contributed by atoms with Gasteiger partial charge in [-0.05, 0) is 60.7 Å². The smallest absolute Gasteiger partial charge is 0.255 e. The van der Waals surface area contributed by atoms with Crippen molar-refractivity contribution in [3.05, 3.63) is 54.1 Å². The highest BCUT2D eigenvalue weighted by molar-refractivity contribution is 7.89. The van der Waals surface area contributed by atoms with Crippen LogP contribution in [-0.2, 0) is 10.0 Å². The van der Waals surface area contributed by atoms with Crippen molar-refractivity contribution >= 4 is 21.6 Å². The van der Waals surface area contributed by atoms with Crippen molar-refractivity contribution in [3.8, 4) is 5.75 Å². The third kappa shape index (κ3) is 4.54. The highest BCUT2D eigenvalue weighted by atomic mass is 32.2. The minimum Gasteiger partial charge on any atom is -0.497 e. The van der Waals surface area contributed by atoms with Crippen LogP contribution in [0.1, 0.15) is 30.6 Å². The first-order valence-electron chi connectivity index (χ1n) is 9.35. The topological polar surface area (TPSA) is 75.7 Å². The molecule has 3 rings (SSSR count). The third-order valence-electron chi connectivity index (χ3n) is 4.92. The quantitative estimate of drug-likeness (QED) is 0.829. The van der Waals surface area contributed by atoms with Gasteiger partial charge in [0.1, 0.15) is 5.75 Å². The monoisotopic (exact) mass is 402 g/mol. The molecule has 1 N–H and O–H groups in total. The number of piperidine rings is 1. The van der Waals surface area contributed by atoms with Gasteiger partial charge in [-0.2, -0.15) is 4.31 Å². The molecule has 1 saturated heterocycles. The fourth-order valence-electron chi connectivity index (χ4n) is 3.63. The Morgan fingerprint density at radius 3 is 2.32 bits per heavy atom. The molecule has 0 saturated carbocycles. The number of methoxy groups -OCH3 is 1. The normalized spacial score (nSPS) is 20.5. The van der Waals surface area contributed by atoms with Gasteiger partial charge in [0, 0.05) is 24.3 Å². The summed E-state index contributed by atoms with van der Waals surface area (Å²) in [6.45, 7) is 5.24. The summed E-state index contributed by atoms with van der Waals surface area (Å²) in [4.78, 5) is 12.6. The van der Waals surface area contributed by atoms with E-state index >= 15 is 0 Å². The van der Waals surface area contributed by atoms with E-state index in [0.717, 1.165) is 6.42 Å². The number of hydrogen-bond donors (Lipinski definition) is 1. The maximum Gasteiger partial charge on any atom is 0.255 e. The van der Waals surface area contributed by atoms with Gasteiger partial charge >= 0.3 is 0 Å². The van der Waals surface area contributed by atoms with Crippen molar-refractivity contribution in [3.63, 3.8) is 0 Å². The number of amides is 1. The van der Waals surface area contributed by atoms with E-state index in [1.54, 1.807) is 59.9 Å². The average molecular weight is 403 g/mol. The van der Waals surface area contributed by atoms with Crippen molar-refractivity contribution < 1.29 is 17.9 Å². The molecule has 2 aromatic carbocycles. The fraction of sp³-hybridized carbons (Fsp3) is 0.381. The first kappa shape index (κ1) is 20.4. The van der Waals surface area contributed by atoms with Crippen LogP contribution in [0.4, 0.5) is 5.69 Å². The Hall–Kier alpha value is -2.38. The van der Waals surface area contributed by atoms with Crippen LogP contribution >= 0.6 is 0 Å². The molecule has 2 unspecified atom stereocenters. The summed E-state index contributed by atoms with van der Waals surface area (Å²) in [6.07, 6.45) is 1.04. The van der Waals surface area contributed by atoms with Gasteiger partial charge in [0.2, 0.25) is 10.0 Å². The number of anilines is 1. The second-order valence-electron chi connectivity index (χ2n) is 7.48. The Balaban J connectivity index is 1.73. The van der Waals surface area contributed by atoms with E-state index in [-0.39, 0.29) is 10.8 Å². The number of hydrogen-bond acceptors (Lipinski definition) is 4. The molecule has 1 aliphatic heterocycles. The SMILES string of the molecule is COc1cccc(C(=O)Nc2ccc(S(=O)(=O)N3CC(C)CC(C)C3)cc2)c1. The van der Waals surface area contributed by atoms with Crippen molar-refractivity contribution in [2.24, 2.45) is 11.8 Å². The zero-order chi connectivity index (χ0) is 20.3. The van der Waals surface area contributed by atoms with Crippen LogP contribution in [0.3, 0.4) is 0 Å². The first-order valence-corrected chi connectivity index (χ1v) is 10.8. The number of rotatable bonds is 5. The summed E-state index contributed by atoms with van der Waals surface area (Å²) in [5.74, 6) is 1.01. The molecule has 6 nitrogen and oxygen atoms in total. The van der Waals surface area contributed by atoms with Crippen LogP contribution in [0.25, 0.3) is 0 Å². The van der Waals surface area contributed by atoms with Crippen molar-refractivity contribution in [2.45, 2.75) is 25.2 Å². The van der Waals surface area contributed by atoms with Crippen molar-refractivity contribution in [1.29, 1.82) is 0 Å². The van der Waals surface area contributed by atoms with E-state index in [2.05, 4.69) is 19.2 Å². The van der Waals surface area contributed by atoms with Gasteiger partial charge in [-0.1, -0.05) is 19.9 Å². The molecule has 0 aliphatic carbocycles. The summed E-state index contributed by atoms with van der Waals surface area (Å²) in [5.41, 5.74) is 1.000. The lowest BCUT2D eigenvalue weighted by Gasteiger charge is -2.34. The van der Waals surface area contributed by atoms with Crippen LogP contribution in [0.15, 0.2) is 53.4 Å². The number of benzene rings is 2. The Labute approximate surface area is 166 Å². The van der Waals surface area contributed by atoms with Crippen LogP contribution in [0.2, 0.25) is 0 Å². The van der Waals surface area contributed by atoms with Crippen LogP contribution in [0, 0.1) is 11.8 Å². The third-order valence-corrected chi connectivity index (χ3v) is 6.76. The molecule has 150 valence electrons. The van der Waals surface area contributed by atoms with E-state index in [0.29, 0.717) is 41.9 Å². The molecule has 2 atom stereocenters. The standard InChI is InChI=1S/C21H26N2O4S/c1-15-11-16(2)14-23(13-15)28(25,26)20-9-7-18(8-10-20)22-21(24)17-5-4-6-19(12-17)27-3/h4-10,12,15-16H,11,13-14H2,1-3H3,(H,22,24). The van der Waals surface area contributed by atoms with E-state index in [4.69, 9.17) is 4.74 Å². The van der Waals surface area contributed by atoms with Crippen LogP contribution < -0.4 is 10.1 Å². The number of carbonyl (C=O) groups excluding carboxylic acids is 1. The number of sulfonamides is 1. The summed E-state index contributed by atoms with van der Waals surface area (Å²) in [5, 5.41) is 2.78.